The average Bonchev–Trinajstić information content (AvgIpc) is 2.49. The van der Waals surface area contributed by atoms with E-state index < -0.39 is 0 Å². The number of benzene rings is 1. The summed E-state index contributed by atoms with van der Waals surface area (Å²) in [4.78, 5) is 18.3. The largest absolute Gasteiger partial charge is 0.309 e. The van der Waals surface area contributed by atoms with Gasteiger partial charge >= 0.3 is 0 Å². The predicted octanol–water partition coefficient (Wildman–Crippen LogP) is 2.99. The van der Waals surface area contributed by atoms with Gasteiger partial charge in [0.2, 0.25) is 0 Å². The van der Waals surface area contributed by atoms with Crippen molar-refractivity contribution in [3.8, 4) is 0 Å². The molecule has 4 nitrogen and oxygen atoms in total. The van der Waals surface area contributed by atoms with Gasteiger partial charge in [-0.25, -0.2) is 4.98 Å². The Morgan fingerprint density at radius 3 is 2.71 bits per heavy atom. The molecule has 0 fully saturated rings. The Bertz CT molecular complexity index is 600. The number of hydrogen-bond donors (Lipinski definition) is 2. The van der Waals surface area contributed by atoms with E-state index in [1.165, 1.54) is 11.6 Å². The molecule has 0 radical (unpaired) electrons. The summed E-state index contributed by atoms with van der Waals surface area (Å²) >= 11 is 1.58. The van der Waals surface area contributed by atoms with Crippen LogP contribution in [0.15, 0.2) is 52.5 Å². The molecule has 2 rings (SSSR count). The van der Waals surface area contributed by atoms with Crippen molar-refractivity contribution in [1.29, 1.82) is 0 Å². The molecule has 0 spiro atoms. The van der Waals surface area contributed by atoms with Crippen LogP contribution in [-0.2, 0) is 0 Å². The predicted molar refractivity (Wildman–Crippen MR) is 87.7 cm³/mol. The first-order valence-electron chi connectivity index (χ1n) is 7.21. The number of nitrogens with one attached hydrogen (secondary N) is 2. The van der Waals surface area contributed by atoms with Crippen molar-refractivity contribution in [2.45, 2.75) is 36.7 Å². The Balaban J connectivity index is 2.14. The summed E-state index contributed by atoms with van der Waals surface area (Å²) in [6.07, 6.45) is 2.63. The van der Waals surface area contributed by atoms with E-state index in [-0.39, 0.29) is 16.9 Å². The van der Waals surface area contributed by atoms with Gasteiger partial charge in [0.1, 0.15) is 0 Å². The number of H-pyrrole nitrogens is 1. The fraction of sp³-hybridized carbons (Fsp3) is 0.375. The second kappa shape index (κ2) is 8.00. The number of hydrogen-bond acceptors (Lipinski definition) is 4. The monoisotopic (exact) mass is 303 g/mol. The maximum Gasteiger partial charge on any atom is 0.251 e. The molecule has 0 bridgehead atoms. The van der Waals surface area contributed by atoms with E-state index in [9.17, 15) is 4.79 Å². The molecular weight excluding hydrogens is 282 g/mol. The molecule has 2 N–H and O–H groups in total. The van der Waals surface area contributed by atoms with Gasteiger partial charge in [-0.1, -0.05) is 55.9 Å². The van der Waals surface area contributed by atoms with Crippen LogP contribution in [0.5, 0.6) is 0 Å². The lowest BCUT2D eigenvalue weighted by atomic mass is 10.0. The van der Waals surface area contributed by atoms with Crippen LogP contribution in [0.4, 0.5) is 0 Å². The Kier molecular flexibility index (Phi) is 6.02. The van der Waals surface area contributed by atoms with E-state index in [0.717, 1.165) is 13.0 Å². The van der Waals surface area contributed by atoms with Gasteiger partial charge in [-0.15, -0.1) is 0 Å². The van der Waals surface area contributed by atoms with Crippen LogP contribution in [0.3, 0.4) is 0 Å². The standard InChI is InChI=1S/C16H21N3OS/c1-3-10-17-15(13-7-5-4-6-8-13)12(2)21-16-18-11-9-14(20)19-16/h4-9,11-12,15,17H,3,10H2,1-2H3,(H,18,19,20). The Morgan fingerprint density at radius 2 is 2.05 bits per heavy atom. The molecule has 21 heavy (non-hydrogen) atoms. The zero-order chi connectivity index (χ0) is 15.1. The molecule has 2 unspecified atom stereocenters. The van der Waals surface area contributed by atoms with Crippen molar-refractivity contribution in [2.24, 2.45) is 0 Å². The van der Waals surface area contributed by atoms with E-state index >= 15 is 0 Å². The second-order valence-electron chi connectivity index (χ2n) is 4.90. The topological polar surface area (TPSA) is 57.8 Å². The van der Waals surface area contributed by atoms with Crippen molar-refractivity contribution in [1.82, 2.24) is 15.3 Å². The highest BCUT2D eigenvalue weighted by atomic mass is 32.2. The zero-order valence-electron chi connectivity index (χ0n) is 12.4. The summed E-state index contributed by atoms with van der Waals surface area (Å²) in [6.45, 7) is 5.27. The van der Waals surface area contributed by atoms with Gasteiger partial charge in [0.15, 0.2) is 5.16 Å². The van der Waals surface area contributed by atoms with Crippen LogP contribution >= 0.6 is 11.8 Å². The molecule has 1 aromatic carbocycles. The number of rotatable bonds is 7. The fourth-order valence-electron chi connectivity index (χ4n) is 2.17. The highest BCUT2D eigenvalue weighted by Gasteiger charge is 2.20. The van der Waals surface area contributed by atoms with Gasteiger partial charge in [0.05, 0.1) is 0 Å². The molecule has 0 amide bonds. The van der Waals surface area contributed by atoms with Gasteiger partial charge in [-0.05, 0) is 18.5 Å². The smallest absolute Gasteiger partial charge is 0.251 e. The average molecular weight is 303 g/mol. The van der Waals surface area contributed by atoms with Gasteiger partial charge in [-0.3, -0.25) is 4.79 Å². The quantitative estimate of drug-likeness (QED) is 0.610. The van der Waals surface area contributed by atoms with Crippen LogP contribution in [0.2, 0.25) is 0 Å². The molecule has 2 aromatic rings. The third-order valence-corrected chi connectivity index (χ3v) is 4.26. The minimum absolute atomic E-state index is 0.113. The maximum atomic E-state index is 11.4. The first-order chi connectivity index (χ1) is 10.2. The van der Waals surface area contributed by atoms with Crippen molar-refractivity contribution >= 4 is 11.8 Å². The van der Waals surface area contributed by atoms with Crippen molar-refractivity contribution in [2.75, 3.05) is 6.54 Å². The van der Waals surface area contributed by atoms with Crippen molar-refractivity contribution < 1.29 is 0 Å². The number of nitrogens with zero attached hydrogens (tertiary/aromatic N) is 1. The van der Waals surface area contributed by atoms with Gasteiger partial charge in [0, 0.05) is 23.6 Å². The van der Waals surface area contributed by atoms with Crippen molar-refractivity contribution in [3.63, 3.8) is 0 Å². The second-order valence-corrected chi connectivity index (χ2v) is 6.27. The van der Waals surface area contributed by atoms with Crippen LogP contribution in [0.1, 0.15) is 31.9 Å². The zero-order valence-corrected chi connectivity index (χ0v) is 13.2. The minimum Gasteiger partial charge on any atom is -0.309 e. The SMILES string of the molecule is CCCNC(c1ccccc1)C(C)Sc1nccc(=O)[nH]1. The summed E-state index contributed by atoms with van der Waals surface area (Å²) in [5.41, 5.74) is 1.14. The number of thioether (sulfide) groups is 1. The first-order valence-corrected chi connectivity index (χ1v) is 8.09. The molecule has 5 heteroatoms. The summed E-state index contributed by atoms with van der Waals surface area (Å²) < 4.78 is 0. The van der Waals surface area contributed by atoms with E-state index in [2.05, 4.69) is 53.4 Å². The third-order valence-electron chi connectivity index (χ3n) is 3.19. The lowest BCUT2D eigenvalue weighted by molar-refractivity contribution is 0.527. The maximum absolute atomic E-state index is 11.4. The van der Waals surface area contributed by atoms with Gasteiger partial charge in [-0.2, -0.15) is 0 Å². The summed E-state index contributed by atoms with van der Waals surface area (Å²) in [5, 5.41) is 4.50. The Morgan fingerprint density at radius 1 is 1.29 bits per heavy atom. The van der Waals surface area contributed by atoms with Gasteiger partial charge in [0.25, 0.3) is 5.56 Å². The summed E-state index contributed by atoms with van der Waals surface area (Å²) in [5.74, 6) is 0. The Hall–Kier alpha value is -1.59. The molecule has 0 aliphatic rings. The van der Waals surface area contributed by atoms with Crippen LogP contribution in [0.25, 0.3) is 0 Å². The van der Waals surface area contributed by atoms with Crippen molar-refractivity contribution in [3.05, 3.63) is 58.5 Å². The highest BCUT2D eigenvalue weighted by Crippen LogP contribution is 2.29. The molecular formula is C16H21N3OS. The summed E-state index contributed by atoms with van der Waals surface area (Å²) in [6, 6.07) is 12.0. The number of aromatic nitrogens is 2. The molecule has 0 aliphatic heterocycles. The highest BCUT2D eigenvalue weighted by molar-refractivity contribution is 7.99. The molecule has 1 heterocycles. The number of aromatic amines is 1. The van der Waals surface area contributed by atoms with Crippen LogP contribution < -0.4 is 10.9 Å². The molecule has 112 valence electrons. The first kappa shape index (κ1) is 15.8. The lowest BCUT2D eigenvalue weighted by Gasteiger charge is -2.24. The molecule has 2 atom stereocenters. The summed E-state index contributed by atoms with van der Waals surface area (Å²) in [7, 11) is 0. The van der Waals surface area contributed by atoms with E-state index in [0.29, 0.717) is 5.16 Å². The lowest BCUT2D eigenvalue weighted by Crippen LogP contribution is -2.29. The van der Waals surface area contributed by atoms with E-state index in [1.54, 1.807) is 18.0 Å². The minimum atomic E-state index is -0.113. The normalized spacial score (nSPS) is 13.8. The molecule has 1 aromatic heterocycles. The molecule has 0 aliphatic carbocycles. The van der Waals surface area contributed by atoms with Crippen LogP contribution in [0, 0.1) is 0 Å². The van der Waals surface area contributed by atoms with Gasteiger partial charge < -0.3 is 10.3 Å². The molecule has 0 saturated heterocycles. The fourth-order valence-corrected chi connectivity index (χ4v) is 3.19. The van der Waals surface area contributed by atoms with E-state index in [4.69, 9.17) is 0 Å². The van der Waals surface area contributed by atoms with Crippen LogP contribution in [-0.4, -0.2) is 21.8 Å². The third kappa shape index (κ3) is 4.72. The molecule has 0 saturated carbocycles. The van der Waals surface area contributed by atoms with E-state index in [1.807, 2.05) is 6.07 Å². The Labute approximate surface area is 129 Å².